The Hall–Kier alpha value is -2.61. The largest absolute Gasteiger partial charge is 0.358 e. The van der Waals surface area contributed by atoms with Gasteiger partial charge in [-0.15, -0.1) is 0 Å². The second kappa shape index (κ2) is 4.70. The van der Waals surface area contributed by atoms with Gasteiger partial charge in [0.2, 0.25) is 5.69 Å². The highest BCUT2D eigenvalue weighted by molar-refractivity contribution is 6.30. The average Bonchev–Trinajstić information content (AvgIpc) is 3.01. The molecule has 0 unspecified atom stereocenters. The Bertz CT molecular complexity index is 955. The van der Waals surface area contributed by atoms with Crippen LogP contribution in [0.4, 0.5) is 5.69 Å². The summed E-state index contributed by atoms with van der Waals surface area (Å²) in [6.45, 7) is 6.54. The van der Waals surface area contributed by atoms with Gasteiger partial charge in [0.05, 0.1) is 11.1 Å². The summed E-state index contributed by atoms with van der Waals surface area (Å²) in [4.78, 5) is 7.01. The van der Waals surface area contributed by atoms with Crippen LogP contribution >= 0.6 is 0 Å². The van der Waals surface area contributed by atoms with Crippen molar-refractivity contribution >= 4 is 33.4 Å². The topological polar surface area (TPSA) is 29.8 Å². The summed E-state index contributed by atoms with van der Waals surface area (Å²) in [6.07, 6.45) is 0. The molecule has 3 aromatic rings. The molecular formula is C20H19N2+. The van der Waals surface area contributed by atoms with E-state index in [9.17, 15) is 0 Å². The third kappa shape index (κ3) is 1.77. The third-order valence-corrected chi connectivity index (χ3v) is 4.54. The highest BCUT2D eigenvalue weighted by atomic mass is 14.8. The van der Waals surface area contributed by atoms with Crippen LogP contribution in [0.5, 0.6) is 0 Å². The van der Waals surface area contributed by atoms with Crippen molar-refractivity contribution in [3.05, 3.63) is 65.4 Å². The molecule has 22 heavy (non-hydrogen) atoms. The summed E-state index contributed by atoms with van der Waals surface area (Å²) in [5, 5.41) is 1.29. The van der Waals surface area contributed by atoms with Crippen LogP contribution in [0.25, 0.3) is 22.0 Å². The lowest BCUT2D eigenvalue weighted by atomic mass is 9.92. The fourth-order valence-electron chi connectivity index (χ4n) is 3.64. The van der Waals surface area contributed by atoms with Crippen LogP contribution in [0, 0.1) is 6.92 Å². The monoisotopic (exact) mass is 287 g/mol. The zero-order chi connectivity index (χ0) is 15.3. The SMILES string of the molecule is CC1=[NH+]c2ccccc2/C1=C(/C)c1c(C)[nH]c2ccccc12. The first-order chi connectivity index (χ1) is 10.7. The average molecular weight is 287 g/mol. The number of H-pyrrole nitrogens is 1. The molecule has 0 spiro atoms. The van der Waals surface area contributed by atoms with Crippen LogP contribution < -0.4 is 4.99 Å². The molecule has 0 aliphatic carbocycles. The van der Waals surface area contributed by atoms with Crippen molar-refractivity contribution in [1.29, 1.82) is 0 Å². The Morgan fingerprint density at radius 3 is 2.55 bits per heavy atom. The molecule has 0 fully saturated rings. The summed E-state index contributed by atoms with van der Waals surface area (Å²) in [5.74, 6) is 0. The van der Waals surface area contributed by atoms with Gasteiger partial charge in [-0.1, -0.05) is 30.3 Å². The zero-order valence-electron chi connectivity index (χ0n) is 13.1. The van der Waals surface area contributed by atoms with Crippen molar-refractivity contribution in [2.75, 3.05) is 0 Å². The summed E-state index contributed by atoms with van der Waals surface area (Å²) >= 11 is 0. The number of fused-ring (bicyclic) bond motifs is 2. The fourth-order valence-corrected chi connectivity index (χ4v) is 3.64. The number of rotatable bonds is 1. The van der Waals surface area contributed by atoms with Crippen LogP contribution in [0.3, 0.4) is 0 Å². The molecule has 0 bridgehead atoms. The lowest BCUT2D eigenvalue weighted by molar-refractivity contribution is -0.349. The zero-order valence-corrected chi connectivity index (χ0v) is 13.1. The van der Waals surface area contributed by atoms with Gasteiger partial charge < -0.3 is 4.98 Å². The third-order valence-electron chi connectivity index (χ3n) is 4.54. The number of para-hydroxylation sites is 2. The molecule has 2 aromatic carbocycles. The molecule has 0 radical (unpaired) electrons. The van der Waals surface area contributed by atoms with Crippen molar-refractivity contribution in [3.8, 4) is 0 Å². The van der Waals surface area contributed by atoms with E-state index in [0.717, 1.165) is 0 Å². The van der Waals surface area contributed by atoms with Gasteiger partial charge in [-0.2, -0.15) is 0 Å². The van der Waals surface area contributed by atoms with Gasteiger partial charge in [0.1, 0.15) is 0 Å². The lowest BCUT2D eigenvalue weighted by Gasteiger charge is -2.07. The van der Waals surface area contributed by atoms with E-state index in [-0.39, 0.29) is 0 Å². The normalized spacial score (nSPS) is 15.9. The Labute approximate surface area is 130 Å². The van der Waals surface area contributed by atoms with Gasteiger partial charge in [0.25, 0.3) is 0 Å². The van der Waals surface area contributed by atoms with E-state index in [1.807, 2.05) is 0 Å². The molecule has 0 saturated heterocycles. The van der Waals surface area contributed by atoms with E-state index in [1.54, 1.807) is 0 Å². The van der Waals surface area contributed by atoms with Gasteiger partial charge in [0, 0.05) is 35.2 Å². The first-order valence-corrected chi connectivity index (χ1v) is 7.65. The molecule has 4 rings (SSSR count). The van der Waals surface area contributed by atoms with E-state index >= 15 is 0 Å². The van der Waals surface area contributed by atoms with E-state index in [1.165, 1.54) is 50.3 Å². The maximum Gasteiger partial charge on any atom is 0.211 e. The van der Waals surface area contributed by atoms with Gasteiger partial charge in [0.15, 0.2) is 5.71 Å². The smallest absolute Gasteiger partial charge is 0.211 e. The molecule has 2 N–H and O–H groups in total. The van der Waals surface area contributed by atoms with Crippen molar-refractivity contribution in [3.63, 3.8) is 0 Å². The highest BCUT2D eigenvalue weighted by Crippen LogP contribution is 2.36. The molecule has 2 heteroatoms. The molecule has 2 heterocycles. The minimum absolute atomic E-state index is 1.20. The fraction of sp³-hybridized carbons (Fsp3) is 0.150. The van der Waals surface area contributed by atoms with E-state index in [0.29, 0.717) is 0 Å². The van der Waals surface area contributed by atoms with Crippen LogP contribution in [0.2, 0.25) is 0 Å². The predicted octanol–water partition coefficient (Wildman–Crippen LogP) is 3.59. The standard InChI is InChI=1S/C20H18N2/c1-12(19-13(2)21-17-10-6-4-8-15(17)19)20-14(3)22-18-11-7-5-9-16(18)20/h4-11,21H,1-3H3/p+1/b20-12-. The first-order valence-electron chi connectivity index (χ1n) is 7.65. The molecule has 0 amide bonds. The number of hydrogen-bond acceptors (Lipinski definition) is 0. The minimum Gasteiger partial charge on any atom is -0.358 e. The second-order valence-corrected chi connectivity index (χ2v) is 5.97. The Morgan fingerprint density at radius 1 is 0.955 bits per heavy atom. The Balaban J connectivity index is 2.03. The number of hydrogen-bond donors (Lipinski definition) is 2. The number of nitrogens with one attached hydrogen (secondary N) is 2. The molecular weight excluding hydrogens is 268 g/mol. The maximum atomic E-state index is 3.51. The summed E-state index contributed by atoms with van der Waals surface area (Å²) < 4.78 is 0. The van der Waals surface area contributed by atoms with Crippen molar-refractivity contribution in [2.45, 2.75) is 20.8 Å². The molecule has 1 aromatic heterocycles. The van der Waals surface area contributed by atoms with Crippen LogP contribution in [0.15, 0.2) is 48.5 Å². The maximum absolute atomic E-state index is 3.51. The quantitative estimate of drug-likeness (QED) is 0.685. The number of benzene rings is 2. The summed E-state index contributed by atoms with van der Waals surface area (Å²) in [5.41, 5.74) is 10.1. The Morgan fingerprint density at radius 2 is 1.68 bits per heavy atom. The highest BCUT2D eigenvalue weighted by Gasteiger charge is 2.27. The van der Waals surface area contributed by atoms with E-state index in [2.05, 4.69) is 79.3 Å². The van der Waals surface area contributed by atoms with Crippen molar-refractivity contribution in [2.24, 2.45) is 0 Å². The van der Waals surface area contributed by atoms with Gasteiger partial charge in [-0.3, -0.25) is 0 Å². The first kappa shape index (κ1) is 13.1. The molecule has 0 atom stereocenters. The van der Waals surface area contributed by atoms with E-state index < -0.39 is 0 Å². The molecule has 1 aliphatic rings. The van der Waals surface area contributed by atoms with Crippen molar-refractivity contribution in [1.82, 2.24) is 4.98 Å². The van der Waals surface area contributed by atoms with Gasteiger partial charge in [-0.25, -0.2) is 4.99 Å². The van der Waals surface area contributed by atoms with Gasteiger partial charge >= 0.3 is 0 Å². The number of allylic oxidation sites excluding steroid dienone is 2. The van der Waals surface area contributed by atoms with E-state index in [4.69, 9.17) is 0 Å². The minimum atomic E-state index is 1.20. The number of aromatic amines is 1. The van der Waals surface area contributed by atoms with Crippen LogP contribution in [0.1, 0.15) is 30.7 Å². The molecule has 2 nitrogen and oxygen atoms in total. The summed E-state index contributed by atoms with van der Waals surface area (Å²) in [7, 11) is 0. The van der Waals surface area contributed by atoms with Crippen LogP contribution in [-0.4, -0.2) is 10.7 Å². The molecule has 1 aliphatic heterocycles. The second-order valence-electron chi connectivity index (χ2n) is 5.97. The number of aryl methyl sites for hydroxylation is 1. The number of aromatic nitrogens is 1. The van der Waals surface area contributed by atoms with Gasteiger partial charge in [-0.05, 0) is 31.6 Å². The van der Waals surface area contributed by atoms with Crippen molar-refractivity contribution < 1.29 is 4.99 Å². The summed E-state index contributed by atoms with van der Waals surface area (Å²) in [6, 6.07) is 17.0. The molecule has 0 saturated carbocycles. The van der Waals surface area contributed by atoms with Crippen LogP contribution in [-0.2, 0) is 0 Å². The Kier molecular flexibility index (Phi) is 2.80. The predicted molar refractivity (Wildman–Crippen MR) is 93.3 cm³/mol. The molecule has 108 valence electrons. The lowest BCUT2D eigenvalue weighted by Crippen LogP contribution is -2.62.